The van der Waals surface area contributed by atoms with Crippen LogP contribution in [0.4, 0.5) is 11.4 Å². The average Bonchev–Trinajstić information content (AvgIpc) is 2.63. The van der Waals surface area contributed by atoms with Crippen molar-refractivity contribution < 1.29 is 9.53 Å². The fraction of sp³-hybridized carbons (Fsp3) is 0.316. The SMILES string of the molecule is COc1ccc(C(=O)Nc2ccc(N3CCN(C)CC3)cc2)cc1Cl. The van der Waals surface area contributed by atoms with E-state index in [1.54, 1.807) is 25.3 Å². The molecule has 5 nitrogen and oxygen atoms in total. The Kier molecular flexibility index (Phi) is 5.46. The summed E-state index contributed by atoms with van der Waals surface area (Å²) >= 11 is 6.08. The van der Waals surface area contributed by atoms with Crippen LogP contribution in [0.25, 0.3) is 0 Å². The molecule has 0 saturated carbocycles. The molecule has 3 rings (SSSR count). The summed E-state index contributed by atoms with van der Waals surface area (Å²) < 4.78 is 5.10. The number of amides is 1. The highest BCUT2D eigenvalue weighted by atomic mass is 35.5. The van der Waals surface area contributed by atoms with E-state index in [1.807, 2.05) is 24.3 Å². The van der Waals surface area contributed by atoms with Crippen LogP contribution in [0.15, 0.2) is 42.5 Å². The number of ether oxygens (including phenoxy) is 1. The van der Waals surface area contributed by atoms with E-state index in [-0.39, 0.29) is 5.91 Å². The first-order valence-electron chi connectivity index (χ1n) is 8.25. The number of nitrogens with zero attached hydrogens (tertiary/aromatic N) is 2. The maximum atomic E-state index is 12.4. The van der Waals surface area contributed by atoms with Crippen molar-refractivity contribution in [1.82, 2.24) is 4.90 Å². The van der Waals surface area contributed by atoms with Crippen molar-refractivity contribution in [1.29, 1.82) is 0 Å². The van der Waals surface area contributed by atoms with Gasteiger partial charge in [-0.15, -0.1) is 0 Å². The van der Waals surface area contributed by atoms with Crippen LogP contribution in [0.5, 0.6) is 5.75 Å². The van der Waals surface area contributed by atoms with E-state index < -0.39 is 0 Å². The van der Waals surface area contributed by atoms with Crippen molar-refractivity contribution in [2.45, 2.75) is 0 Å². The molecule has 2 aromatic carbocycles. The Morgan fingerprint density at radius 1 is 1.08 bits per heavy atom. The van der Waals surface area contributed by atoms with E-state index in [9.17, 15) is 4.79 Å². The first-order valence-corrected chi connectivity index (χ1v) is 8.63. The zero-order valence-electron chi connectivity index (χ0n) is 14.5. The monoisotopic (exact) mass is 359 g/mol. The predicted octanol–water partition coefficient (Wildman–Crippen LogP) is 3.35. The number of hydrogen-bond acceptors (Lipinski definition) is 4. The molecule has 0 spiro atoms. The molecule has 0 aromatic heterocycles. The Labute approximate surface area is 153 Å². The molecule has 25 heavy (non-hydrogen) atoms. The van der Waals surface area contributed by atoms with Gasteiger partial charge in [0.15, 0.2) is 0 Å². The van der Waals surface area contributed by atoms with Crippen LogP contribution in [0.2, 0.25) is 5.02 Å². The van der Waals surface area contributed by atoms with Gasteiger partial charge >= 0.3 is 0 Å². The van der Waals surface area contributed by atoms with Crippen LogP contribution in [-0.2, 0) is 0 Å². The van der Waals surface area contributed by atoms with Gasteiger partial charge in [-0.3, -0.25) is 4.79 Å². The number of halogens is 1. The van der Waals surface area contributed by atoms with Crippen molar-refractivity contribution in [2.24, 2.45) is 0 Å². The molecule has 132 valence electrons. The Morgan fingerprint density at radius 3 is 2.36 bits per heavy atom. The van der Waals surface area contributed by atoms with Crippen LogP contribution in [0.1, 0.15) is 10.4 Å². The molecule has 0 radical (unpaired) electrons. The summed E-state index contributed by atoms with van der Waals surface area (Å²) in [5.41, 5.74) is 2.43. The third kappa shape index (κ3) is 4.24. The maximum Gasteiger partial charge on any atom is 0.255 e. The Morgan fingerprint density at radius 2 is 1.76 bits per heavy atom. The fourth-order valence-electron chi connectivity index (χ4n) is 2.83. The molecule has 1 aliphatic rings. The third-order valence-electron chi connectivity index (χ3n) is 4.41. The second kappa shape index (κ2) is 7.76. The summed E-state index contributed by atoms with van der Waals surface area (Å²) in [6.45, 7) is 4.17. The lowest BCUT2D eigenvalue weighted by molar-refractivity contribution is 0.102. The molecule has 0 aliphatic carbocycles. The van der Waals surface area contributed by atoms with Gasteiger partial charge in [0.1, 0.15) is 5.75 Å². The molecular weight excluding hydrogens is 338 g/mol. The van der Waals surface area contributed by atoms with E-state index >= 15 is 0 Å². The minimum Gasteiger partial charge on any atom is -0.495 e. The van der Waals surface area contributed by atoms with Gasteiger partial charge in [-0.05, 0) is 49.5 Å². The molecule has 1 N–H and O–H groups in total. The quantitative estimate of drug-likeness (QED) is 0.909. The van der Waals surface area contributed by atoms with E-state index in [2.05, 4.69) is 22.2 Å². The first kappa shape index (κ1) is 17.6. The molecule has 0 bridgehead atoms. The molecule has 1 heterocycles. The number of piperazine rings is 1. The minimum atomic E-state index is -0.197. The largest absolute Gasteiger partial charge is 0.495 e. The Bertz CT molecular complexity index is 741. The molecule has 6 heteroatoms. The molecule has 1 amide bonds. The Balaban J connectivity index is 1.65. The number of rotatable bonds is 4. The van der Waals surface area contributed by atoms with Gasteiger partial charge in [-0.1, -0.05) is 11.6 Å². The van der Waals surface area contributed by atoms with Gasteiger partial charge in [0.2, 0.25) is 0 Å². The fourth-order valence-corrected chi connectivity index (χ4v) is 3.09. The van der Waals surface area contributed by atoms with E-state index in [0.717, 1.165) is 31.9 Å². The lowest BCUT2D eigenvalue weighted by Crippen LogP contribution is -2.44. The van der Waals surface area contributed by atoms with Gasteiger partial charge in [-0.2, -0.15) is 0 Å². The van der Waals surface area contributed by atoms with E-state index in [1.165, 1.54) is 5.69 Å². The summed E-state index contributed by atoms with van der Waals surface area (Å²) in [4.78, 5) is 17.0. The smallest absolute Gasteiger partial charge is 0.255 e. The molecule has 1 saturated heterocycles. The van der Waals surface area contributed by atoms with Crippen molar-refractivity contribution in [3.63, 3.8) is 0 Å². The molecular formula is C19H22ClN3O2. The highest BCUT2D eigenvalue weighted by Crippen LogP contribution is 2.25. The van der Waals surface area contributed by atoms with E-state index in [4.69, 9.17) is 16.3 Å². The third-order valence-corrected chi connectivity index (χ3v) is 4.70. The van der Waals surface area contributed by atoms with Gasteiger partial charge in [0.05, 0.1) is 12.1 Å². The van der Waals surface area contributed by atoms with E-state index in [0.29, 0.717) is 16.3 Å². The van der Waals surface area contributed by atoms with Crippen molar-refractivity contribution >= 4 is 28.9 Å². The number of anilines is 2. The normalized spacial score (nSPS) is 15.1. The van der Waals surface area contributed by atoms with Crippen molar-refractivity contribution in [3.05, 3.63) is 53.1 Å². The number of hydrogen-bond donors (Lipinski definition) is 1. The zero-order chi connectivity index (χ0) is 17.8. The molecule has 1 aliphatic heterocycles. The maximum absolute atomic E-state index is 12.4. The van der Waals surface area contributed by atoms with Crippen LogP contribution < -0.4 is 15.0 Å². The molecule has 1 fully saturated rings. The van der Waals surface area contributed by atoms with Crippen molar-refractivity contribution in [3.8, 4) is 5.75 Å². The zero-order valence-corrected chi connectivity index (χ0v) is 15.2. The van der Waals surface area contributed by atoms with Gasteiger partial charge in [-0.25, -0.2) is 0 Å². The number of nitrogens with one attached hydrogen (secondary N) is 1. The van der Waals surface area contributed by atoms with Crippen LogP contribution in [-0.4, -0.2) is 51.1 Å². The summed E-state index contributed by atoms with van der Waals surface area (Å²) in [6.07, 6.45) is 0. The van der Waals surface area contributed by atoms with Crippen LogP contribution in [0.3, 0.4) is 0 Å². The minimum absolute atomic E-state index is 0.197. The lowest BCUT2D eigenvalue weighted by atomic mass is 10.2. The highest BCUT2D eigenvalue weighted by Gasteiger charge is 2.14. The lowest BCUT2D eigenvalue weighted by Gasteiger charge is -2.34. The number of benzene rings is 2. The van der Waals surface area contributed by atoms with Gasteiger partial charge < -0.3 is 19.9 Å². The topological polar surface area (TPSA) is 44.8 Å². The highest BCUT2D eigenvalue weighted by molar-refractivity contribution is 6.32. The molecule has 0 unspecified atom stereocenters. The van der Waals surface area contributed by atoms with Gasteiger partial charge in [0, 0.05) is 43.1 Å². The standard InChI is InChI=1S/C19H22ClN3O2/c1-22-9-11-23(12-10-22)16-6-4-15(5-7-16)21-19(24)14-3-8-18(25-2)17(20)13-14/h3-8,13H,9-12H2,1-2H3,(H,21,24). The van der Waals surface area contributed by atoms with Crippen LogP contribution >= 0.6 is 11.6 Å². The Hall–Kier alpha value is -2.24. The summed E-state index contributed by atoms with van der Waals surface area (Å²) in [5, 5.41) is 3.31. The molecule has 0 atom stereocenters. The second-order valence-corrected chi connectivity index (χ2v) is 6.55. The summed E-state index contributed by atoms with van der Waals surface area (Å²) in [5.74, 6) is 0.353. The summed E-state index contributed by atoms with van der Waals surface area (Å²) in [7, 11) is 3.68. The number of carbonyl (C=O) groups is 1. The molecule has 2 aromatic rings. The predicted molar refractivity (Wildman–Crippen MR) is 102 cm³/mol. The van der Waals surface area contributed by atoms with Gasteiger partial charge in [0.25, 0.3) is 5.91 Å². The number of carbonyl (C=O) groups excluding carboxylic acids is 1. The van der Waals surface area contributed by atoms with Crippen LogP contribution in [0, 0.1) is 0 Å². The number of likely N-dealkylation sites (N-methyl/N-ethyl adjacent to an activating group) is 1. The summed E-state index contributed by atoms with van der Waals surface area (Å²) in [6, 6.07) is 12.9. The number of methoxy groups -OCH3 is 1. The van der Waals surface area contributed by atoms with Crippen molar-refractivity contribution in [2.75, 3.05) is 50.6 Å². The first-order chi connectivity index (χ1) is 12.1. The second-order valence-electron chi connectivity index (χ2n) is 6.14. The average molecular weight is 360 g/mol.